The summed E-state index contributed by atoms with van der Waals surface area (Å²) in [7, 11) is 5.78. The van der Waals surface area contributed by atoms with E-state index >= 15 is 8.78 Å². The number of amides is 5. The molecule has 0 saturated carbocycles. The number of hydrogen-bond acceptors (Lipinski definition) is 6. The lowest BCUT2D eigenvalue weighted by molar-refractivity contribution is -0.878. The molecular formula is C40H50ClF2N10O4+. The zero-order valence-corrected chi connectivity index (χ0v) is 34.1. The molecule has 2 aliphatic heterocycles. The lowest BCUT2D eigenvalue weighted by Crippen LogP contribution is -2.52. The second-order valence-corrected chi connectivity index (χ2v) is 16.8. The predicted octanol–water partition coefficient (Wildman–Crippen LogP) is 4.92. The van der Waals surface area contributed by atoms with Crippen molar-refractivity contribution >= 4 is 41.0 Å². The highest BCUT2D eigenvalue weighted by molar-refractivity contribution is 6.34. The molecule has 14 nitrogen and oxygen atoms in total. The van der Waals surface area contributed by atoms with E-state index in [1.165, 1.54) is 48.3 Å². The molecule has 2 fully saturated rings. The number of hydrogen-bond donors (Lipinski definition) is 3. The molecule has 6 rings (SSSR count). The van der Waals surface area contributed by atoms with E-state index < -0.39 is 23.1 Å². The van der Waals surface area contributed by atoms with Gasteiger partial charge < -0.3 is 34.8 Å². The fraction of sp³-hybridized carbons (Fsp3) is 0.450. The van der Waals surface area contributed by atoms with E-state index in [2.05, 4.69) is 40.1 Å². The Morgan fingerprint density at radius 1 is 0.947 bits per heavy atom. The number of quaternary nitrogens is 1. The molecule has 0 aliphatic carbocycles. The average Bonchev–Trinajstić information content (AvgIpc) is 3.83. The first-order chi connectivity index (χ1) is 26.8. The van der Waals surface area contributed by atoms with Crippen LogP contribution in [0.5, 0.6) is 0 Å². The summed E-state index contributed by atoms with van der Waals surface area (Å²) in [6, 6.07) is 7.11. The van der Waals surface area contributed by atoms with Gasteiger partial charge in [-0.25, -0.2) is 18.6 Å². The Kier molecular flexibility index (Phi) is 11.8. The van der Waals surface area contributed by atoms with Crippen LogP contribution >= 0.6 is 11.6 Å². The summed E-state index contributed by atoms with van der Waals surface area (Å²) in [5.74, 6) is -3.01. The molecule has 0 spiro atoms. The van der Waals surface area contributed by atoms with Crippen LogP contribution < -0.4 is 16.0 Å². The molecular weight excluding hydrogens is 758 g/mol. The van der Waals surface area contributed by atoms with Gasteiger partial charge in [-0.1, -0.05) is 17.7 Å². The van der Waals surface area contributed by atoms with E-state index in [1.807, 2.05) is 25.7 Å². The molecule has 2 aromatic heterocycles. The van der Waals surface area contributed by atoms with Crippen LogP contribution in [0.2, 0.25) is 5.02 Å². The number of rotatable bonds is 9. The molecule has 1 atom stereocenters. The first-order valence-corrected chi connectivity index (χ1v) is 19.3. The number of nitrogens with zero attached hydrogens (tertiary/aromatic N) is 7. The third-order valence-corrected chi connectivity index (χ3v) is 10.8. The number of imidazole rings is 1. The number of benzene rings is 2. The summed E-state index contributed by atoms with van der Waals surface area (Å²) in [4.78, 5) is 59.6. The van der Waals surface area contributed by atoms with Gasteiger partial charge in [-0.2, -0.15) is 5.10 Å². The number of aromatic nitrogens is 4. The fourth-order valence-electron chi connectivity index (χ4n) is 7.42. The Hall–Kier alpha value is -5.35. The number of carbonyl (C=O) groups excluding carboxylic acids is 4. The predicted molar refractivity (Wildman–Crippen MR) is 213 cm³/mol. The molecule has 304 valence electrons. The molecule has 2 saturated heterocycles. The highest BCUT2D eigenvalue weighted by Gasteiger charge is 2.39. The van der Waals surface area contributed by atoms with E-state index in [0.29, 0.717) is 49.7 Å². The summed E-state index contributed by atoms with van der Waals surface area (Å²) in [5.41, 5.74) is 1.25. The summed E-state index contributed by atoms with van der Waals surface area (Å²) < 4.78 is 35.2. The third-order valence-electron chi connectivity index (χ3n) is 10.5. The number of nitrogens with one attached hydrogen (secondary N) is 3. The van der Waals surface area contributed by atoms with Crippen LogP contribution in [-0.2, 0) is 18.4 Å². The number of halogens is 3. The number of piperazine rings is 1. The van der Waals surface area contributed by atoms with Gasteiger partial charge in [-0.05, 0) is 52.0 Å². The van der Waals surface area contributed by atoms with E-state index in [9.17, 15) is 19.2 Å². The number of carbonyl (C=O) groups is 4. The first kappa shape index (κ1) is 41.3. The lowest BCUT2D eigenvalue weighted by atomic mass is 10.0. The maximum atomic E-state index is 15.7. The minimum atomic E-state index is -1.12. The summed E-state index contributed by atoms with van der Waals surface area (Å²) in [6.07, 6.45) is 3.61. The molecule has 4 aromatic rings. The molecule has 1 unspecified atom stereocenters. The quantitative estimate of drug-likeness (QED) is 0.205. The number of anilines is 1. The van der Waals surface area contributed by atoms with Crippen molar-refractivity contribution in [1.82, 2.24) is 39.8 Å². The molecule has 0 radical (unpaired) electrons. The third kappa shape index (κ3) is 9.12. The first-order valence-electron chi connectivity index (χ1n) is 18.9. The molecule has 57 heavy (non-hydrogen) atoms. The molecule has 0 bridgehead atoms. The van der Waals surface area contributed by atoms with Crippen LogP contribution in [0.3, 0.4) is 0 Å². The molecule has 2 aromatic carbocycles. The highest BCUT2D eigenvalue weighted by atomic mass is 35.5. The number of urea groups is 1. The van der Waals surface area contributed by atoms with Crippen LogP contribution in [0.1, 0.15) is 53.9 Å². The molecule has 3 N–H and O–H groups in total. The zero-order chi connectivity index (χ0) is 41.4. The van der Waals surface area contributed by atoms with Crippen LogP contribution in [-0.4, -0.2) is 123 Å². The van der Waals surface area contributed by atoms with Gasteiger partial charge in [0.15, 0.2) is 17.5 Å². The summed E-state index contributed by atoms with van der Waals surface area (Å²) >= 11 is 6.55. The van der Waals surface area contributed by atoms with Crippen molar-refractivity contribution in [1.29, 1.82) is 0 Å². The van der Waals surface area contributed by atoms with Gasteiger partial charge in [0.25, 0.3) is 11.8 Å². The summed E-state index contributed by atoms with van der Waals surface area (Å²) in [5, 5.41) is 12.7. The van der Waals surface area contributed by atoms with Crippen LogP contribution in [0, 0.1) is 24.5 Å². The van der Waals surface area contributed by atoms with E-state index in [1.54, 1.807) is 22.6 Å². The minimum Gasteiger partial charge on any atom is -0.339 e. The van der Waals surface area contributed by atoms with E-state index in [4.69, 9.17) is 11.6 Å². The smallest absolute Gasteiger partial charge is 0.315 e. The molecule has 5 amide bonds. The van der Waals surface area contributed by atoms with Crippen molar-refractivity contribution in [3.05, 3.63) is 76.5 Å². The van der Waals surface area contributed by atoms with Crippen LogP contribution in [0.4, 0.5) is 19.3 Å². The topological polar surface area (TPSA) is 146 Å². The maximum Gasteiger partial charge on any atom is 0.315 e. The Morgan fingerprint density at radius 3 is 2.26 bits per heavy atom. The van der Waals surface area contributed by atoms with Crippen molar-refractivity contribution in [3.63, 3.8) is 0 Å². The maximum absolute atomic E-state index is 15.7. The van der Waals surface area contributed by atoms with Gasteiger partial charge in [0, 0.05) is 79.8 Å². The standard InChI is InChI=1S/C40H49ClF2N10O4/c1-24-30(21-46-52(24)14-13-44-39(57)48-40(2,3)4)27-10-11-29(34(43)33(27)42)32-22-45-35(49(32)5)36(54)47-26-8-9-28(31(41)20-26)38(56)51-17-15-50(16-18-51)37(55)25-12-19-53(6,7)23-25/h8-11,20-22,25H,12-19,23H2,1-7H3,(H2-,44,47,48,54,56,57)/p+1. The second-order valence-electron chi connectivity index (χ2n) is 16.4. The van der Waals surface area contributed by atoms with E-state index in [0.717, 1.165) is 24.0 Å². The Morgan fingerprint density at radius 2 is 1.61 bits per heavy atom. The number of likely N-dealkylation sites (tertiary alicyclic amines) is 1. The van der Waals surface area contributed by atoms with Crippen molar-refractivity contribution in [2.24, 2.45) is 13.0 Å². The Balaban J connectivity index is 1.07. The minimum absolute atomic E-state index is 0.0105. The average molecular weight is 808 g/mol. The van der Waals surface area contributed by atoms with Gasteiger partial charge >= 0.3 is 6.03 Å². The van der Waals surface area contributed by atoms with Crippen molar-refractivity contribution in [3.8, 4) is 22.4 Å². The molecule has 2 aliphatic rings. The van der Waals surface area contributed by atoms with Crippen molar-refractivity contribution in [2.45, 2.75) is 46.2 Å². The lowest BCUT2D eigenvalue weighted by Gasteiger charge is -2.36. The highest BCUT2D eigenvalue weighted by Crippen LogP contribution is 2.33. The largest absolute Gasteiger partial charge is 0.339 e. The SMILES string of the molecule is Cc1c(-c2ccc(-c3cnc(C(=O)Nc4ccc(C(=O)N5CCN(C(=O)C6CC[N+](C)(C)C6)CC5)c(Cl)c4)n3C)c(F)c2F)cnn1CCNC(=O)NC(C)(C)C. The van der Waals surface area contributed by atoms with Gasteiger partial charge in [-0.3, -0.25) is 19.1 Å². The Bertz CT molecular complexity index is 2200. The van der Waals surface area contributed by atoms with Gasteiger partial charge in [0.05, 0.1) is 68.3 Å². The van der Waals surface area contributed by atoms with Crippen LogP contribution in [0.25, 0.3) is 22.4 Å². The second kappa shape index (κ2) is 16.3. The molecule has 4 heterocycles. The molecule has 17 heteroatoms. The van der Waals surface area contributed by atoms with E-state index in [-0.39, 0.29) is 63.5 Å². The summed E-state index contributed by atoms with van der Waals surface area (Å²) in [6.45, 7) is 11.4. The van der Waals surface area contributed by atoms with Crippen LogP contribution in [0.15, 0.2) is 42.7 Å². The fourth-order valence-corrected chi connectivity index (χ4v) is 7.68. The van der Waals surface area contributed by atoms with Crippen molar-refractivity contribution in [2.75, 3.05) is 65.2 Å². The van der Waals surface area contributed by atoms with Gasteiger partial charge in [-0.15, -0.1) is 0 Å². The van der Waals surface area contributed by atoms with Gasteiger partial charge in [0.1, 0.15) is 0 Å². The zero-order valence-electron chi connectivity index (χ0n) is 33.4. The Labute approximate surface area is 335 Å². The van der Waals surface area contributed by atoms with Crippen molar-refractivity contribution < 1.29 is 32.4 Å². The monoisotopic (exact) mass is 807 g/mol. The van der Waals surface area contributed by atoms with Gasteiger partial charge in [0.2, 0.25) is 5.91 Å². The normalized spacial score (nSPS) is 16.8.